The van der Waals surface area contributed by atoms with Crippen LogP contribution in [0.2, 0.25) is 0 Å². The minimum Gasteiger partial charge on any atom is -0.450 e. The molecule has 1 unspecified atom stereocenters. The van der Waals surface area contributed by atoms with Crippen LogP contribution in [0.15, 0.2) is 80.4 Å². The molecule has 1 aliphatic heterocycles. The monoisotopic (exact) mass is 541 g/mol. The molecule has 5 rings (SSSR count). The summed E-state index contributed by atoms with van der Waals surface area (Å²) in [4.78, 5) is 28.4. The van der Waals surface area contributed by atoms with E-state index in [0.29, 0.717) is 10.0 Å². The van der Waals surface area contributed by atoms with E-state index in [-0.39, 0.29) is 33.9 Å². The van der Waals surface area contributed by atoms with Crippen LogP contribution in [-0.4, -0.2) is 5.91 Å². The number of halogens is 4. The summed E-state index contributed by atoms with van der Waals surface area (Å²) in [6.07, 6.45) is -4.59. The minimum atomic E-state index is -4.59. The van der Waals surface area contributed by atoms with Crippen LogP contribution in [0.25, 0.3) is 11.0 Å². The molecule has 8 heteroatoms. The van der Waals surface area contributed by atoms with E-state index in [2.05, 4.69) is 15.9 Å². The fourth-order valence-electron chi connectivity index (χ4n) is 4.42. The second-order valence-electron chi connectivity index (χ2n) is 8.76. The predicted molar refractivity (Wildman–Crippen MR) is 131 cm³/mol. The second-order valence-corrected chi connectivity index (χ2v) is 9.68. The highest BCUT2D eigenvalue weighted by Crippen LogP contribution is 2.43. The molecule has 0 aliphatic carbocycles. The van der Waals surface area contributed by atoms with E-state index in [4.69, 9.17) is 4.42 Å². The number of carbonyl (C=O) groups excluding carboxylic acids is 1. The normalized spacial score (nSPS) is 15.8. The van der Waals surface area contributed by atoms with Gasteiger partial charge >= 0.3 is 6.18 Å². The molecule has 0 spiro atoms. The number of hydrogen-bond acceptors (Lipinski definition) is 3. The third-order valence-electron chi connectivity index (χ3n) is 6.20. The van der Waals surface area contributed by atoms with Crippen molar-refractivity contribution in [1.82, 2.24) is 0 Å². The Kier molecular flexibility index (Phi) is 5.59. The topological polar surface area (TPSA) is 50.5 Å². The first-order valence-corrected chi connectivity index (χ1v) is 11.7. The summed E-state index contributed by atoms with van der Waals surface area (Å²) in [7, 11) is 0. The Hall–Kier alpha value is -3.39. The number of alkyl halides is 3. The first kappa shape index (κ1) is 23.4. The van der Waals surface area contributed by atoms with Gasteiger partial charge in [-0.3, -0.25) is 14.5 Å². The molecular formula is C27H19BrF3NO3. The van der Waals surface area contributed by atoms with Crippen LogP contribution >= 0.6 is 15.9 Å². The Morgan fingerprint density at radius 1 is 0.971 bits per heavy atom. The number of fused-ring (bicyclic) bond motifs is 2. The van der Waals surface area contributed by atoms with Gasteiger partial charge in [0.15, 0.2) is 5.43 Å². The van der Waals surface area contributed by atoms with E-state index in [1.807, 2.05) is 26.0 Å². The summed E-state index contributed by atoms with van der Waals surface area (Å²) in [5, 5.41) is 0.278. The molecule has 3 aromatic carbocycles. The molecule has 4 nitrogen and oxygen atoms in total. The van der Waals surface area contributed by atoms with Crippen LogP contribution in [0.4, 0.5) is 18.9 Å². The fraction of sp³-hybridized carbons (Fsp3) is 0.185. The maximum Gasteiger partial charge on any atom is 0.416 e. The first-order chi connectivity index (χ1) is 16.6. The molecule has 1 amide bonds. The molecule has 0 saturated heterocycles. The second kappa shape index (κ2) is 8.37. The van der Waals surface area contributed by atoms with Crippen molar-refractivity contribution in [2.45, 2.75) is 32.0 Å². The summed E-state index contributed by atoms with van der Waals surface area (Å²) in [6, 6.07) is 15.8. The van der Waals surface area contributed by atoms with Crippen molar-refractivity contribution in [3.63, 3.8) is 0 Å². The van der Waals surface area contributed by atoms with Gasteiger partial charge in [-0.2, -0.15) is 13.2 Å². The third-order valence-corrected chi connectivity index (χ3v) is 6.70. The highest BCUT2D eigenvalue weighted by Gasteiger charge is 2.44. The quantitative estimate of drug-likeness (QED) is 0.270. The molecule has 0 radical (unpaired) electrons. The van der Waals surface area contributed by atoms with Crippen LogP contribution in [0.5, 0.6) is 0 Å². The van der Waals surface area contributed by atoms with Gasteiger partial charge in [-0.15, -0.1) is 0 Å². The largest absolute Gasteiger partial charge is 0.450 e. The van der Waals surface area contributed by atoms with Gasteiger partial charge in [0.25, 0.3) is 5.91 Å². The number of nitrogens with zero attached hydrogens (tertiary/aromatic N) is 1. The smallest absolute Gasteiger partial charge is 0.416 e. The highest BCUT2D eigenvalue weighted by atomic mass is 79.9. The molecule has 1 atom stereocenters. The van der Waals surface area contributed by atoms with Gasteiger partial charge in [0, 0.05) is 10.2 Å². The van der Waals surface area contributed by atoms with Crippen LogP contribution < -0.4 is 10.3 Å². The van der Waals surface area contributed by atoms with Gasteiger partial charge in [0.05, 0.1) is 22.6 Å². The molecule has 1 aliphatic rings. The molecule has 35 heavy (non-hydrogen) atoms. The number of amides is 1. The van der Waals surface area contributed by atoms with E-state index in [1.54, 1.807) is 30.3 Å². The lowest BCUT2D eigenvalue weighted by Gasteiger charge is -2.26. The van der Waals surface area contributed by atoms with Crippen molar-refractivity contribution >= 4 is 38.5 Å². The zero-order valence-electron chi connectivity index (χ0n) is 18.7. The van der Waals surface area contributed by atoms with Gasteiger partial charge in [-0.05, 0) is 53.4 Å². The van der Waals surface area contributed by atoms with E-state index in [0.717, 1.165) is 17.7 Å². The average Bonchev–Trinajstić information content (AvgIpc) is 3.11. The van der Waals surface area contributed by atoms with Gasteiger partial charge in [0.1, 0.15) is 5.58 Å². The zero-order chi connectivity index (χ0) is 25.1. The lowest BCUT2D eigenvalue weighted by atomic mass is 9.95. The van der Waals surface area contributed by atoms with Gasteiger partial charge in [-0.25, -0.2) is 0 Å². The van der Waals surface area contributed by atoms with Gasteiger partial charge in [0.2, 0.25) is 5.76 Å². The van der Waals surface area contributed by atoms with Crippen molar-refractivity contribution in [2.24, 2.45) is 0 Å². The van der Waals surface area contributed by atoms with E-state index in [9.17, 15) is 22.8 Å². The van der Waals surface area contributed by atoms with E-state index >= 15 is 0 Å². The minimum absolute atomic E-state index is 0.0267. The lowest BCUT2D eigenvalue weighted by Crippen LogP contribution is -2.29. The molecule has 2 heterocycles. The Labute approximate surface area is 207 Å². The molecule has 0 bridgehead atoms. The van der Waals surface area contributed by atoms with Crippen LogP contribution in [0.3, 0.4) is 0 Å². The molecule has 0 saturated carbocycles. The van der Waals surface area contributed by atoms with Crippen LogP contribution in [0, 0.1) is 0 Å². The maximum absolute atomic E-state index is 13.6. The van der Waals surface area contributed by atoms with Crippen molar-refractivity contribution in [2.75, 3.05) is 4.90 Å². The molecule has 4 aromatic rings. The van der Waals surface area contributed by atoms with Gasteiger partial charge in [-0.1, -0.05) is 60.1 Å². The molecular weight excluding hydrogens is 523 g/mol. The highest BCUT2D eigenvalue weighted by molar-refractivity contribution is 9.10. The SMILES string of the molecule is CC(C)c1ccc(C2c3c(oc4ccc(Br)cc4c3=O)C(=O)N2c2cccc(C(F)(F)F)c2)cc1. The Balaban J connectivity index is 1.77. The van der Waals surface area contributed by atoms with Crippen molar-refractivity contribution in [3.05, 3.63) is 109 Å². The van der Waals surface area contributed by atoms with Crippen molar-refractivity contribution < 1.29 is 22.4 Å². The number of carbonyl (C=O) groups is 1. The average molecular weight is 542 g/mol. The summed E-state index contributed by atoms with van der Waals surface area (Å²) in [6.45, 7) is 4.08. The summed E-state index contributed by atoms with van der Waals surface area (Å²) < 4.78 is 47.0. The first-order valence-electron chi connectivity index (χ1n) is 10.9. The van der Waals surface area contributed by atoms with E-state index < -0.39 is 29.1 Å². The molecule has 1 aromatic heterocycles. The van der Waals surface area contributed by atoms with Crippen molar-refractivity contribution in [3.8, 4) is 0 Å². The standard InChI is InChI=1S/C27H19BrF3NO3/c1-14(2)15-6-8-16(9-7-15)23-22-24(33)20-13-18(28)10-11-21(20)35-25(22)26(34)32(23)19-5-3-4-17(12-19)27(29,30)31/h3-14,23H,1-2H3. The van der Waals surface area contributed by atoms with Crippen LogP contribution in [0.1, 0.15) is 58.6 Å². The van der Waals surface area contributed by atoms with Crippen molar-refractivity contribution in [1.29, 1.82) is 0 Å². The zero-order valence-corrected chi connectivity index (χ0v) is 20.3. The number of anilines is 1. The van der Waals surface area contributed by atoms with Gasteiger partial charge < -0.3 is 4.42 Å². The van der Waals surface area contributed by atoms with E-state index in [1.165, 1.54) is 17.0 Å². The molecule has 178 valence electrons. The summed E-state index contributed by atoms with van der Waals surface area (Å²) in [5.74, 6) is -0.577. The number of hydrogen-bond donors (Lipinski definition) is 0. The molecule has 0 N–H and O–H groups in total. The predicted octanol–water partition coefficient (Wildman–Crippen LogP) is 7.45. The molecule has 0 fully saturated rings. The Bertz CT molecular complexity index is 1520. The number of rotatable bonds is 3. The maximum atomic E-state index is 13.6. The fourth-order valence-corrected chi connectivity index (χ4v) is 4.78. The Morgan fingerprint density at radius 3 is 2.34 bits per heavy atom. The Morgan fingerprint density at radius 2 is 1.69 bits per heavy atom. The lowest BCUT2D eigenvalue weighted by molar-refractivity contribution is -0.137. The number of benzene rings is 3. The summed E-state index contributed by atoms with van der Waals surface area (Å²) >= 11 is 3.35. The summed E-state index contributed by atoms with van der Waals surface area (Å²) in [5.41, 5.74) is 0.725. The van der Waals surface area contributed by atoms with Crippen LogP contribution in [-0.2, 0) is 6.18 Å². The third kappa shape index (κ3) is 3.95.